The summed E-state index contributed by atoms with van der Waals surface area (Å²) in [5.74, 6) is 1.40. The number of anilines is 1. The summed E-state index contributed by atoms with van der Waals surface area (Å²) in [4.78, 5) is 0. The van der Waals surface area contributed by atoms with E-state index in [0.717, 1.165) is 17.0 Å². The molecule has 1 atom stereocenters. The molecule has 0 saturated carbocycles. The number of para-hydroxylation sites is 1. The number of aliphatic hydroxyl groups is 1. The van der Waals surface area contributed by atoms with Crippen LogP contribution in [0.25, 0.3) is 11.3 Å². The Kier molecular flexibility index (Phi) is 4.30. The molecule has 0 radical (unpaired) electrons. The molecule has 0 aliphatic heterocycles. The Morgan fingerprint density at radius 3 is 2.63 bits per heavy atom. The van der Waals surface area contributed by atoms with Gasteiger partial charge < -0.3 is 15.2 Å². The number of hydrogen-bond donors (Lipinski definition) is 2. The van der Waals surface area contributed by atoms with Crippen LogP contribution in [0.1, 0.15) is 6.92 Å². The van der Waals surface area contributed by atoms with Gasteiger partial charge in [-0.3, -0.25) is 0 Å². The molecule has 0 aliphatic rings. The highest BCUT2D eigenvalue weighted by molar-refractivity contribution is 5.67. The van der Waals surface area contributed by atoms with Crippen molar-refractivity contribution in [3.63, 3.8) is 0 Å². The van der Waals surface area contributed by atoms with E-state index in [1.807, 2.05) is 36.4 Å². The third-order valence-corrected chi connectivity index (χ3v) is 2.63. The van der Waals surface area contributed by atoms with Gasteiger partial charge in [-0.15, -0.1) is 10.2 Å². The first kappa shape index (κ1) is 13.3. The number of ether oxygens (including phenoxy) is 1. The van der Waals surface area contributed by atoms with Crippen LogP contribution in [0.4, 0.5) is 5.82 Å². The topological polar surface area (TPSA) is 67.3 Å². The van der Waals surface area contributed by atoms with Gasteiger partial charge in [-0.2, -0.15) is 0 Å². The normalized spacial score (nSPS) is 11.9. The maximum Gasteiger partial charge on any atom is 0.148 e. The predicted molar refractivity (Wildman–Crippen MR) is 74.2 cm³/mol. The summed E-state index contributed by atoms with van der Waals surface area (Å²) < 4.78 is 5.29. The van der Waals surface area contributed by atoms with Gasteiger partial charge in [0.15, 0.2) is 0 Å². The molecular weight excluding hydrogens is 242 g/mol. The van der Waals surface area contributed by atoms with E-state index >= 15 is 0 Å². The van der Waals surface area contributed by atoms with Crippen molar-refractivity contribution in [3.05, 3.63) is 36.4 Å². The molecule has 0 fully saturated rings. The molecular formula is C14H17N3O2. The first-order valence-electron chi connectivity index (χ1n) is 6.09. The van der Waals surface area contributed by atoms with Crippen LogP contribution in [0.3, 0.4) is 0 Å². The maximum atomic E-state index is 9.19. The number of benzene rings is 1. The average Bonchev–Trinajstić information content (AvgIpc) is 2.45. The van der Waals surface area contributed by atoms with Crippen molar-refractivity contribution in [1.82, 2.24) is 10.2 Å². The fourth-order valence-electron chi connectivity index (χ4n) is 1.68. The van der Waals surface area contributed by atoms with Crippen LogP contribution in [-0.4, -0.2) is 35.1 Å². The summed E-state index contributed by atoms with van der Waals surface area (Å²) >= 11 is 0. The molecule has 0 amide bonds. The van der Waals surface area contributed by atoms with E-state index in [-0.39, 0.29) is 0 Å². The first-order valence-corrected chi connectivity index (χ1v) is 6.09. The Morgan fingerprint density at radius 2 is 2.00 bits per heavy atom. The number of hydrogen-bond acceptors (Lipinski definition) is 5. The minimum absolute atomic E-state index is 0.421. The van der Waals surface area contributed by atoms with E-state index in [2.05, 4.69) is 15.5 Å². The molecule has 0 bridgehead atoms. The highest BCUT2D eigenvalue weighted by Crippen LogP contribution is 2.27. The van der Waals surface area contributed by atoms with Gasteiger partial charge in [0.25, 0.3) is 0 Å². The van der Waals surface area contributed by atoms with Crippen LogP contribution in [0.2, 0.25) is 0 Å². The second kappa shape index (κ2) is 6.15. The zero-order valence-electron chi connectivity index (χ0n) is 11.0. The van der Waals surface area contributed by atoms with Gasteiger partial charge in [0.2, 0.25) is 0 Å². The Morgan fingerprint density at radius 1 is 1.21 bits per heavy atom. The number of nitrogens with zero attached hydrogens (tertiary/aromatic N) is 2. The Bertz CT molecular complexity index is 526. The van der Waals surface area contributed by atoms with E-state index in [4.69, 9.17) is 4.74 Å². The number of rotatable bonds is 5. The second-order valence-electron chi connectivity index (χ2n) is 4.23. The maximum absolute atomic E-state index is 9.19. The zero-order valence-corrected chi connectivity index (χ0v) is 11.0. The van der Waals surface area contributed by atoms with Gasteiger partial charge in [-0.25, -0.2) is 0 Å². The van der Waals surface area contributed by atoms with Crippen molar-refractivity contribution in [3.8, 4) is 17.0 Å². The molecule has 0 aliphatic carbocycles. The van der Waals surface area contributed by atoms with E-state index in [1.165, 1.54) is 0 Å². The number of methoxy groups -OCH3 is 1. The van der Waals surface area contributed by atoms with Crippen molar-refractivity contribution < 1.29 is 9.84 Å². The van der Waals surface area contributed by atoms with Crippen molar-refractivity contribution in [1.29, 1.82) is 0 Å². The van der Waals surface area contributed by atoms with Crippen molar-refractivity contribution in [2.24, 2.45) is 0 Å². The number of aromatic nitrogens is 2. The Labute approximate surface area is 112 Å². The van der Waals surface area contributed by atoms with Crippen LogP contribution in [-0.2, 0) is 0 Å². The SMILES string of the molecule is COc1ccccc1-c1ccc(NC[C@@H](C)O)nn1. The third kappa shape index (κ3) is 3.42. The second-order valence-corrected chi connectivity index (χ2v) is 4.23. The minimum atomic E-state index is -0.421. The zero-order chi connectivity index (χ0) is 13.7. The van der Waals surface area contributed by atoms with Crippen molar-refractivity contribution >= 4 is 5.82 Å². The standard InChI is InChI=1S/C14H17N3O2/c1-10(18)9-15-14-8-7-12(16-17-14)11-5-3-4-6-13(11)19-2/h3-8,10,18H,9H2,1-2H3,(H,15,17)/t10-/m1/s1. The Balaban J connectivity index is 2.18. The summed E-state index contributed by atoms with van der Waals surface area (Å²) in [6, 6.07) is 11.4. The first-order chi connectivity index (χ1) is 9.20. The molecule has 5 heteroatoms. The quantitative estimate of drug-likeness (QED) is 0.859. The molecule has 5 nitrogen and oxygen atoms in total. The molecule has 2 aromatic rings. The molecule has 1 heterocycles. The fraction of sp³-hybridized carbons (Fsp3) is 0.286. The third-order valence-electron chi connectivity index (χ3n) is 2.63. The lowest BCUT2D eigenvalue weighted by atomic mass is 10.1. The van der Waals surface area contributed by atoms with Crippen molar-refractivity contribution in [2.75, 3.05) is 19.0 Å². The summed E-state index contributed by atoms with van der Waals surface area (Å²) in [5, 5.41) is 20.4. The summed E-state index contributed by atoms with van der Waals surface area (Å²) in [6.07, 6.45) is -0.421. The van der Waals surface area contributed by atoms with Gasteiger partial charge >= 0.3 is 0 Å². The number of nitrogens with one attached hydrogen (secondary N) is 1. The van der Waals surface area contributed by atoms with Crippen LogP contribution in [0.15, 0.2) is 36.4 Å². The molecule has 2 rings (SSSR count). The van der Waals surface area contributed by atoms with Crippen LogP contribution >= 0.6 is 0 Å². The van der Waals surface area contributed by atoms with Crippen LogP contribution < -0.4 is 10.1 Å². The molecule has 19 heavy (non-hydrogen) atoms. The highest BCUT2D eigenvalue weighted by Gasteiger charge is 2.07. The van der Waals surface area contributed by atoms with E-state index in [0.29, 0.717) is 12.4 Å². The molecule has 0 unspecified atom stereocenters. The van der Waals surface area contributed by atoms with Gasteiger partial charge in [-0.05, 0) is 31.2 Å². The Hall–Kier alpha value is -2.14. The molecule has 1 aromatic heterocycles. The lowest BCUT2D eigenvalue weighted by molar-refractivity contribution is 0.208. The van der Waals surface area contributed by atoms with E-state index in [9.17, 15) is 5.11 Å². The van der Waals surface area contributed by atoms with Crippen LogP contribution in [0, 0.1) is 0 Å². The van der Waals surface area contributed by atoms with Crippen LogP contribution in [0.5, 0.6) is 5.75 Å². The lowest BCUT2D eigenvalue weighted by Gasteiger charge is -2.09. The number of aliphatic hydroxyl groups excluding tert-OH is 1. The largest absolute Gasteiger partial charge is 0.496 e. The average molecular weight is 259 g/mol. The van der Waals surface area contributed by atoms with Gasteiger partial charge in [-0.1, -0.05) is 12.1 Å². The minimum Gasteiger partial charge on any atom is -0.496 e. The highest BCUT2D eigenvalue weighted by atomic mass is 16.5. The molecule has 100 valence electrons. The fourth-order valence-corrected chi connectivity index (χ4v) is 1.68. The summed E-state index contributed by atoms with van der Waals surface area (Å²) in [7, 11) is 1.63. The van der Waals surface area contributed by atoms with Gasteiger partial charge in [0.1, 0.15) is 11.6 Å². The van der Waals surface area contributed by atoms with Crippen molar-refractivity contribution in [2.45, 2.75) is 13.0 Å². The van der Waals surface area contributed by atoms with E-state index < -0.39 is 6.10 Å². The van der Waals surface area contributed by atoms with Gasteiger partial charge in [0.05, 0.1) is 18.9 Å². The van der Waals surface area contributed by atoms with Gasteiger partial charge in [0, 0.05) is 12.1 Å². The smallest absolute Gasteiger partial charge is 0.148 e. The summed E-state index contributed by atoms with van der Waals surface area (Å²) in [5.41, 5.74) is 1.65. The molecule has 0 spiro atoms. The molecule has 2 N–H and O–H groups in total. The molecule has 0 saturated heterocycles. The molecule has 1 aromatic carbocycles. The predicted octanol–water partition coefficient (Wildman–Crippen LogP) is 1.94. The summed E-state index contributed by atoms with van der Waals surface area (Å²) in [6.45, 7) is 2.16. The lowest BCUT2D eigenvalue weighted by Crippen LogP contribution is -2.16. The van der Waals surface area contributed by atoms with E-state index in [1.54, 1.807) is 14.0 Å². The monoisotopic (exact) mass is 259 g/mol.